The predicted octanol–water partition coefficient (Wildman–Crippen LogP) is 4.77. The number of carbonyl (C=O) groups excluding carboxylic acids is 1. The minimum absolute atomic E-state index is 0.230. The van der Waals surface area contributed by atoms with Gasteiger partial charge in [0.1, 0.15) is 17.3 Å². The van der Waals surface area contributed by atoms with Gasteiger partial charge in [-0.2, -0.15) is 0 Å². The summed E-state index contributed by atoms with van der Waals surface area (Å²) in [6, 6.07) is 18.1. The van der Waals surface area contributed by atoms with Crippen LogP contribution in [0.1, 0.15) is 21.6 Å². The minimum Gasteiger partial charge on any atom is -0.333 e. The number of carbonyl (C=O) groups is 1. The fourth-order valence-corrected chi connectivity index (χ4v) is 3.85. The Morgan fingerprint density at radius 1 is 0.900 bits per heavy atom. The van der Waals surface area contributed by atoms with Crippen LogP contribution in [0.3, 0.4) is 0 Å². The van der Waals surface area contributed by atoms with Crippen molar-refractivity contribution in [2.45, 2.75) is 13.0 Å². The highest BCUT2D eigenvalue weighted by atomic mass is 19.1. The van der Waals surface area contributed by atoms with Crippen molar-refractivity contribution in [3.63, 3.8) is 0 Å². The molecule has 0 atom stereocenters. The van der Waals surface area contributed by atoms with Gasteiger partial charge in [-0.25, -0.2) is 18.7 Å². The predicted molar refractivity (Wildman–Crippen MR) is 110 cm³/mol. The topological polar surface area (TPSA) is 46.1 Å². The van der Waals surface area contributed by atoms with Crippen LogP contribution >= 0.6 is 0 Å². The normalized spacial score (nSPS) is 13.3. The van der Waals surface area contributed by atoms with E-state index < -0.39 is 0 Å². The van der Waals surface area contributed by atoms with Crippen LogP contribution in [0.2, 0.25) is 0 Å². The van der Waals surface area contributed by atoms with Crippen LogP contribution in [0.5, 0.6) is 0 Å². The van der Waals surface area contributed by atoms with Crippen molar-refractivity contribution in [2.24, 2.45) is 0 Å². The Labute approximate surface area is 171 Å². The van der Waals surface area contributed by atoms with Crippen LogP contribution in [-0.4, -0.2) is 27.3 Å². The maximum Gasteiger partial charge on any atom is 0.273 e. The molecule has 4 nitrogen and oxygen atoms in total. The molecule has 148 valence electrons. The monoisotopic (exact) mass is 401 g/mol. The first-order valence-electron chi connectivity index (χ1n) is 9.68. The van der Waals surface area contributed by atoms with Gasteiger partial charge >= 0.3 is 0 Å². The molecule has 2 heterocycles. The molecule has 0 saturated heterocycles. The van der Waals surface area contributed by atoms with Crippen molar-refractivity contribution in [3.8, 4) is 11.4 Å². The number of para-hydroxylation sites is 1. The van der Waals surface area contributed by atoms with Crippen LogP contribution < -0.4 is 0 Å². The van der Waals surface area contributed by atoms with Gasteiger partial charge in [0.05, 0.1) is 5.52 Å². The number of nitrogens with zero attached hydrogens (tertiary/aromatic N) is 3. The van der Waals surface area contributed by atoms with Crippen LogP contribution in [0.4, 0.5) is 8.78 Å². The molecule has 1 amide bonds. The fourth-order valence-electron chi connectivity index (χ4n) is 3.85. The van der Waals surface area contributed by atoms with Crippen molar-refractivity contribution in [2.75, 3.05) is 6.54 Å². The van der Waals surface area contributed by atoms with Crippen molar-refractivity contribution >= 4 is 16.8 Å². The SMILES string of the molecule is O=C(c1nc(-c2ccc(F)cc2)nc2ccccc12)N1CCc2c(F)cccc2C1. The Balaban J connectivity index is 1.58. The van der Waals surface area contributed by atoms with Gasteiger partial charge in [-0.1, -0.05) is 30.3 Å². The Morgan fingerprint density at radius 2 is 1.70 bits per heavy atom. The summed E-state index contributed by atoms with van der Waals surface area (Å²) in [5.74, 6) is -0.451. The number of benzene rings is 3. The van der Waals surface area contributed by atoms with Crippen molar-refractivity contribution in [3.05, 3.63) is 95.2 Å². The van der Waals surface area contributed by atoms with Crippen molar-refractivity contribution < 1.29 is 13.6 Å². The number of fused-ring (bicyclic) bond motifs is 2. The lowest BCUT2D eigenvalue weighted by Gasteiger charge is -2.29. The largest absolute Gasteiger partial charge is 0.333 e. The first-order chi connectivity index (χ1) is 14.6. The highest BCUT2D eigenvalue weighted by Gasteiger charge is 2.26. The molecule has 1 aliphatic heterocycles. The summed E-state index contributed by atoms with van der Waals surface area (Å²) in [5.41, 5.74) is 3.04. The standard InChI is InChI=1S/C24H17F2N3O/c25-17-10-8-15(9-11-17)23-27-21-7-2-1-5-19(21)22(28-23)24(30)29-13-12-18-16(14-29)4-3-6-20(18)26/h1-11H,12-14H2. The maximum atomic E-state index is 14.0. The van der Waals surface area contributed by atoms with E-state index in [1.54, 1.807) is 23.1 Å². The summed E-state index contributed by atoms with van der Waals surface area (Å²) in [6.45, 7) is 0.743. The molecule has 6 heteroatoms. The fraction of sp³-hybridized carbons (Fsp3) is 0.125. The van der Waals surface area contributed by atoms with E-state index in [1.165, 1.54) is 18.2 Å². The average molecular weight is 401 g/mol. The van der Waals surface area contributed by atoms with Crippen LogP contribution in [0.15, 0.2) is 66.7 Å². The summed E-state index contributed by atoms with van der Waals surface area (Å²) in [4.78, 5) is 24.2. The molecule has 0 saturated carbocycles. The third-order valence-corrected chi connectivity index (χ3v) is 5.40. The third kappa shape index (κ3) is 3.20. The summed E-state index contributed by atoms with van der Waals surface area (Å²) in [7, 11) is 0. The lowest BCUT2D eigenvalue weighted by atomic mass is 9.98. The number of rotatable bonds is 2. The Hall–Kier alpha value is -3.67. The van der Waals surface area contributed by atoms with Crippen molar-refractivity contribution in [1.82, 2.24) is 14.9 Å². The van der Waals surface area contributed by atoms with E-state index in [9.17, 15) is 13.6 Å². The van der Waals surface area contributed by atoms with E-state index in [4.69, 9.17) is 0 Å². The van der Waals surface area contributed by atoms with Gasteiger partial charge in [0.15, 0.2) is 5.82 Å². The molecule has 0 bridgehead atoms. The molecular weight excluding hydrogens is 384 g/mol. The molecular formula is C24H17F2N3O. The van der Waals surface area contributed by atoms with E-state index in [0.29, 0.717) is 53.1 Å². The van der Waals surface area contributed by atoms with Gasteiger partial charge in [0.2, 0.25) is 0 Å². The number of amides is 1. The molecule has 0 N–H and O–H groups in total. The number of halogens is 2. The van der Waals surface area contributed by atoms with Crippen LogP contribution in [-0.2, 0) is 13.0 Å². The lowest BCUT2D eigenvalue weighted by Crippen LogP contribution is -2.37. The molecule has 30 heavy (non-hydrogen) atoms. The Bertz CT molecular complexity index is 1270. The van der Waals surface area contributed by atoms with E-state index in [-0.39, 0.29) is 17.5 Å². The quantitative estimate of drug-likeness (QED) is 0.486. The molecule has 4 aromatic rings. The Kier molecular flexibility index (Phi) is 4.47. The van der Waals surface area contributed by atoms with Crippen LogP contribution in [0, 0.1) is 11.6 Å². The molecule has 0 spiro atoms. The van der Waals surface area contributed by atoms with E-state index >= 15 is 0 Å². The van der Waals surface area contributed by atoms with E-state index in [1.807, 2.05) is 30.3 Å². The van der Waals surface area contributed by atoms with Gasteiger partial charge in [-0.05, 0) is 53.9 Å². The van der Waals surface area contributed by atoms with Gasteiger partial charge in [0.25, 0.3) is 5.91 Å². The molecule has 0 unspecified atom stereocenters. The number of hydrogen-bond acceptors (Lipinski definition) is 3. The summed E-state index contributed by atoms with van der Waals surface area (Å²) in [5, 5.41) is 0.651. The Morgan fingerprint density at radius 3 is 2.53 bits per heavy atom. The van der Waals surface area contributed by atoms with E-state index in [0.717, 1.165) is 5.56 Å². The molecule has 5 rings (SSSR count). The molecule has 1 aliphatic rings. The van der Waals surface area contributed by atoms with Gasteiger partial charge < -0.3 is 4.90 Å². The zero-order valence-corrected chi connectivity index (χ0v) is 16.0. The van der Waals surface area contributed by atoms with Gasteiger partial charge in [0, 0.05) is 24.0 Å². The number of aromatic nitrogens is 2. The first-order valence-corrected chi connectivity index (χ1v) is 9.68. The average Bonchev–Trinajstić information content (AvgIpc) is 2.78. The van der Waals surface area contributed by atoms with E-state index in [2.05, 4.69) is 9.97 Å². The van der Waals surface area contributed by atoms with Crippen LogP contribution in [0.25, 0.3) is 22.3 Å². The van der Waals surface area contributed by atoms with Crippen molar-refractivity contribution in [1.29, 1.82) is 0 Å². The van der Waals surface area contributed by atoms with Gasteiger partial charge in [-0.15, -0.1) is 0 Å². The summed E-state index contributed by atoms with van der Waals surface area (Å²) < 4.78 is 27.4. The highest BCUT2D eigenvalue weighted by Crippen LogP contribution is 2.26. The molecule has 0 fully saturated rings. The second-order valence-corrected chi connectivity index (χ2v) is 7.27. The molecule has 3 aromatic carbocycles. The summed E-state index contributed by atoms with van der Waals surface area (Å²) >= 11 is 0. The maximum absolute atomic E-state index is 14.0. The first kappa shape index (κ1) is 18.4. The smallest absolute Gasteiger partial charge is 0.273 e. The zero-order chi connectivity index (χ0) is 20.7. The van der Waals surface area contributed by atoms with Gasteiger partial charge in [-0.3, -0.25) is 4.79 Å². The molecule has 1 aromatic heterocycles. The second kappa shape index (κ2) is 7.30. The highest BCUT2D eigenvalue weighted by molar-refractivity contribution is 6.04. The second-order valence-electron chi connectivity index (χ2n) is 7.27. The minimum atomic E-state index is -0.352. The summed E-state index contributed by atoms with van der Waals surface area (Å²) in [6.07, 6.45) is 0.460. The lowest BCUT2D eigenvalue weighted by molar-refractivity contribution is 0.0729. The molecule has 0 aliphatic carbocycles. The number of hydrogen-bond donors (Lipinski definition) is 0. The third-order valence-electron chi connectivity index (χ3n) is 5.40. The molecule has 0 radical (unpaired) electrons. The zero-order valence-electron chi connectivity index (χ0n) is 16.0.